The van der Waals surface area contributed by atoms with Crippen LogP contribution in [0.25, 0.3) is 0 Å². The second kappa shape index (κ2) is 5.22. The minimum absolute atomic E-state index is 0.0102. The molecule has 1 saturated carbocycles. The van der Waals surface area contributed by atoms with Crippen LogP contribution >= 0.6 is 0 Å². The van der Waals surface area contributed by atoms with Crippen LogP contribution in [0.4, 0.5) is 17.3 Å². The van der Waals surface area contributed by atoms with Crippen LogP contribution < -0.4 is 16.2 Å². The molecule has 2 heterocycles. The Morgan fingerprint density at radius 2 is 2.35 bits per heavy atom. The van der Waals surface area contributed by atoms with E-state index in [0.717, 1.165) is 19.3 Å². The Hall–Kier alpha value is -1.93. The first-order valence-electron chi connectivity index (χ1n) is 6.70. The summed E-state index contributed by atoms with van der Waals surface area (Å²) in [6.07, 6.45) is 3.39. The molecule has 0 bridgehead atoms. The quantitative estimate of drug-likeness (QED) is 0.483. The maximum absolute atomic E-state index is 11.0. The fourth-order valence-corrected chi connectivity index (χ4v) is 3.04. The number of nitrogens with one attached hydrogen (secondary N) is 1. The number of fused-ring (bicyclic) bond motifs is 1. The predicted octanol–water partition coefficient (Wildman–Crippen LogP) is 1.03. The molecule has 0 aromatic carbocycles. The molecule has 20 heavy (non-hydrogen) atoms. The van der Waals surface area contributed by atoms with Crippen molar-refractivity contribution in [2.75, 3.05) is 23.5 Å². The Morgan fingerprint density at radius 1 is 1.50 bits per heavy atom. The SMILES string of the molecule is NNc1cc([N+](=O)[O-])cc(N2CCOC3CCCC32)n1. The lowest BCUT2D eigenvalue weighted by atomic mass is 10.1. The van der Waals surface area contributed by atoms with Crippen LogP contribution in [-0.4, -0.2) is 35.2 Å². The van der Waals surface area contributed by atoms with Gasteiger partial charge < -0.3 is 15.1 Å². The molecule has 0 radical (unpaired) electrons. The molecule has 2 aliphatic rings. The van der Waals surface area contributed by atoms with Crippen LogP contribution in [0.2, 0.25) is 0 Å². The Bertz CT molecular complexity index is 524. The number of aromatic nitrogens is 1. The average molecular weight is 279 g/mol. The number of anilines is 2. The molecule has 8 heteroatoms. The lowest BCUT2D eigenvalue weighted by Gasteiger charge is -2.38. The largest absolute Gasteiger partial charge is 0.374 e. The number of nitrogens with zero attached hydrogens (tertiary/aromatic N) is 3. The summed E-state index contributed by atoms with van der Waals surface area (Å²) >= 11 is 0. The van der Waals surface area contributed by atoms with Gasteiger partial charge in [-0.15, -0.1) is 0 Å². The Labute approximate surface area is 116 Å². The summed E-state index contributed by atoms with van der Waals surface area (Å²) in [5.41, 5.74) is 2.38. The number of nitro groups is 1. The van der Waals surface area contributed by atoms with Gasteiger partial charge >= 0.3 is 0 Å². The van der Waals surface area contributed by atoms with E-state index in [0.29, 0.717) is 24.8 Å². The fourth-order valence-electron chi connectivity index (χ4n) is 3.04. The van der Waals surface area contributed by atoms with Gasteiger partial charge in [-0.2, -0.15) is 0 Å². The van der Waals surface area contributed by atoms with Crippen LogP contribution in [0.5, 0.6) is 0 Å². The summed E-state index contributed by atoms with van der Waals surface area (Å²) in [4.78, 5) is 17.0. The van der Waals surface area contributed by atoms with E-state index in [4.69, 9.17) is 10.6 Å². The molecule has 2 unspecified atom stereocenters. The minimum atomic E-state index is -0.432. The Morgan fingerprint density at radius 3 is 3.10 bits per heavy atom. The van der Waals surface area contributed by atoms with Gasteiger partial charge in [-0.3, -0.25) is 10.1 Å². The zero-order chi connectivity index (χ0) is 14.1. The first-order chi connectivity index (χ1) is 9.69. The topological polar surface area (TPSA) is 107 Å². The zero-order valence-corrected chi connectivity index (χ0v) is 11.0. The number of nitrogens with two attached hydrogens (primary N) is 1. The first-order valence-corrected chi connectivity index (χ1v) is 6.70. The molecule has 1 aliphatic heterocycles. The highest BCUT2D eigenvalue weighted by Crippen LogP contribution is 2.34. The predicted molar refractivity (Wildman–Crippen MR) is 73.4 cm³/mol. The third-order valence-electron chi connectivity index (χ3n) is 3.93. The van der Waals surface area contributed by atoms with E-state index < -0.39 is 4.92 Å². The number of hydrazine groups is 1. The van der Waals surface area contributed by atoms with Gasteiger partial charge in [0.25, 0.3) is 5.69 Å². The molecule has 1 aliphatic carbocycles. The molecule has 1 aromatic rings. The average Bonchev–Trinajstić information content (AvgIpc) is 2.94. The molecule has 0 amide bonds. The van der Waals surface area contributed by atoms with Gasteiger partial charge in [-0.1, -0.05) is 0 Å². The number of hydrogen-bond donors (Lipinski definition) is 2. The molecular formula is C12H17N5O3. The number of ether oxygens (including phenoxy) is 1. The first kappa shape index (κ1) is 13.1. The molecule has 2 atom stereocenters. The third kappa shape index (κ3) is 2.27. The highest BCUT2D eigenvalue weighted by molar-refractivity contribution is 5.56. The van der Waals surface area contributed by atoms with E-state index >= 15 is 0 Å². The zero-order valence-electron chi connectivity index (χ0n) is 11.0. The van der Waals surface area contributed by atoms with Crippen molar-refractivity contribution in [1.82, 2.24) is 4.98 Å². The van der Waals surface area contributed by atoms with Crippen LogP contribution in [0, 0.1) is 10.1 Å². The van der Waals surface area contributed by atoms with Crippen molar-refractivity contribution in [1.29, 1.82) is 0 Å². The second-order valence-corrected chi connectivity index (χ2v) is 5.07. The van der Waals surface area contributed by atoms with Gasteiger partial charge in [-0.25, -0.2) is 10.8 Å². The van der Waals surface area contributed by atoms with Gasteiger partial charge in [0, 0.05) is 6.54 Å². The number of morpholine rings is 1. The molecule has 1 aromatic heterocycles. The van der Waals surface area contributed by atoms with Crippen LogP contribution in [-0.2, 0) is 4.74 Å². The monoisotopic (exact) mass is 279 g/mol. The minimum Gasteiger partial charge on any atom is -0.374 e. The molecule has 108 valence electrons. The smallest absolute Gasteiger partial charge is 0.276 e. The number of hydrogen-bond acceptors (Lipinski definition) is 7. The molecule has 3 rings (SSSR count). The van der Waals surface area contributed by atoms with Crippen LogP contribution in [0.15, 0.2) is 12.1 Å². The highest BCUT2D eigenvalue weighted by Gasteiger charge is 2.37. The van der Waals surface area contributed by atoms with Crippen molar-refractivity contribution in [3.8, 4) is 0 Å². The molecule has 0 spiro atoms. The van der Waals surface area contributed by atoms with Crippen molar-refractivity contribution < 1.29 is 9.66 Å². The number of pyridine rings is 1. The molecule has 1 saturated heterocycles. The van der Waals surface area contributed by atoms with Gasteiger partial charge in [0.1, 0.15) is 11.6 Å². The van der Waals surface area contributed by atoms with Gasteiger partial charge in [-0.05, 0) is 19.3 Å². The Balaban J connectivity index is 1.95. The van der Waals surface area contributed by atoms with Crippen molar-refractivity contribution in [3.63, 3.8) is 0 Å². The molecule has 8 nitrogen and oxygen atoms in total. The Kier molecular flexibility index (Phi) is 3.41. The normalized spacial score (nSPS) is 25.4. The van der Waals surface area contributed by atoms with Crippen molar-refractivity contribution in [3.05, 3.63) is 22.2 Å². The lowest BCUT2D eigenvalue weighted by Crippen LogP contribution is -2.49. The number of rotatable bonds is 3. The van der Waals surface area contributed by atoms with Crippen molar-refractivity contribution >= 4 is 17.3 Å². The third-order valence-corrected chi connectivity index (χ3v) is 3.93. The molecular weight excluding hydrogens is 262 g/mol. The van der Waals surface area contributed by atoms with E-state index in [1.54, 1.807) is 0 Å². The fraction of sp³-hybridized carbons (Fsp3) is 0.583. The summed E-state index contributed by atoms with van der Waals surface area (Å²) in [6.45, 7) is 1.32. The van der Waals surface area contributed by atoms with Gasteiger partial charge in [0.15, 0.2) is 0 Å². The summed E-state index contributed by atoms with van der Waals surface area (Å²) in [6, 6.07) is 3.08. The summed E-state index contributed by atoms with van der Waals surface area (Å²) in [5.74, 6) is 6.24. The van der Waals surface area contributed by atoms with E-state index in [9.17, 15) is 10.1 Å². The number of nitrogen functional groups attached to an aromatic ring is 1. The van der Waals surface area contributed by atoms with Crippen LogP contribution in [0.1, 0.15) is 19.3 Å². The summed E-state index contributed by atoms with van der Waals surface area (Å²) in [7, 11) is 0. The second-order valence-electron chi connectivity index (χ2n) is 5.07. The van der Waals surface area contributed by atoms with E-state index in [1.807, 2.05) is 0 Å². The van der Waals surface area contributed by atoms with E-state index in [-0.39, 0.29) is 17.8 Å². The van der Waals surface area contributed by atoms with Crippen molar-refractivity contribution in [2.24, 2.45) is 5.84 Å². The summed E-state index contributed by atoms with van der Waals surface area (Å²) in [5, 5.41) is 11.0. The summed E-state index contributed by atoms with van der Waals surface area (Å²) < 4.78 is 5.74. The van der Waals surface area contributed by atoms with Gasteiger partial charge in [0.2, 0.25) is 0 Å². The van der Waals surface area contributed by atoms with E-state index in [1.165, 1.54) is 12.1 Å². The molecule has 3 N–H and O–H groups in total. The molecule has 2 fully saturated rings. The maximum Gasteiger partial charge on any atom is 0.276 e. The van der Waals surface area contributed by atoms with Crippen molar-refractivity contribution in [2.45, 2.75) is 31.4 Å². The maximum atomic E-state index is 11.0. The van der Waals surface area contributed by atoms with Gasteiger partial charge in [0.05, 0.1) is 35.8 Å². The standard InChI is InChI=1S/C12H17N5O3/c13-15-11-6-8(17(18)19)7-12(14-11)16-4-5-20-10-3-1-2-9(10)16/h6-7,9-10H,1-5,13H2,(H,14,15). The van der Waals surface area contributed by atoms with E-state index in [2.05, 4.69) is 15.3 Å². The lowest BCUT2D eigenvalue weighted by molar-refractivity contribution is -0.384. The highest BCUT2D eigenvalue weighted by atomic mass is 16.6. The van der Waals surface area contributed by atoms with Crippen LogP contribution in [0.3, 0.4) is 0 Å².